The lowest BCUT2D eigenvalue weighted by molar-refractivity contribution is 0.0527. The SMILES string of the molecule is CN(CCCNC(=O)OC(C)(C)C)c1ccc(-c2ccnc(Nc3cccc(CO[Si](C)(C)C(C)(C)C)c3)c2)cn1. The van der Waals surface area contributed by atoms with Gasteiger partial charge in [-0.2, -0.15) is 0 Å². The van der Waals surface area contributed by atoms with Crippen LogP contribution in [0.3, 0.4) is 0 Å². The first-order valence-corrected chi connectivity index (χ1v) is 17.1. The monoisotopic (exact) mass is 577 g/mol. The van der Waals surface area contributed by atoms with Crippen molar-refractivity contribution in [1.29, 1.82) is 0 Å². The second-order valence-corrected chi connectivity index (χ2v) is 17.7. The first kappa shape index (κ1) is 32.1. The highest BCUT2D eigenvalue weighted by atomic mass is 28.4. The first-order valence-electron chi connectivity index (χ1n) is 14.2. The van der Waals surface area contributed by atoms with Crippen LogP contribution in [0.1, 0.15) is 53.5 Å². The van der Waals surface area contributed by atoms with Crippen molar-refractivity contribution in [2.45, 2.75) is 78.3 Å². The number of ether oxygens (including phenoxy) is 1. The molecule has 0 aliphatic rings. The van der Waals surface area contributed by atoms with Crippen molar-refractivity contribution in [1.82, 2.24) is 15.3 Å². The zero-order chi connectivity index (χ0) is 30.3. The van der Waals surface area contributed by atoms with Crippen LogP contribution in [-0.2, 0) is 15.8 Å². The fraction of sp³-hybridized carbons (Fsp3) is 0.469. The minimum absolute atomic E-state index is 0.177. The van der Waals surface area contributed by atoms with Gasteiger partial charge < -0.3 is 24.7 Å². The Morgan fingerprint density at radius 2 is 1.73 bits per heavy atom. The second-order valence-electron chi connectivity index (χ2n) is 12.9. The Balaban J connectivity index is 1.56. The van der Waals surface area contributed by atoms with E-state index in [2.05, 4.69) is 77.6 Å². The number of anilines is 3. The summed E-state index contributed by atoms with van der Waals surface area (Å²) in [4.78, 5) is 23.1. The summed E-state index contributed by atoms with van der Waals surface area (Å²) in [5, 5.41) is 6.41. The van der Waals surface area contributed by atoms with E-state index in [1.807, 2.05) is 64.3 Å². The molecule has 1 amide bonds. The highest BCUT2D eigenvalue weighted by molar-refractivity contribution is 6.74. The van der Waals surface area contributed by atoms with Crippen LogP contribution in [0.4, 0.5) is 22.1 Å². The summed E-state index contributed by atoms with van der Waals surface area (Å²) in [5.41, 5.74) is 3.66. The number of hydrogen-bond donors (Lipinski definition) is 2. The third-order valence-electron chi connectivity index (χ3n) is 7.18. The van der Waals surface area contributed by atoms with Crippen LogP contribution >= 0.6 is 0 Å². The molecular formula is C32H47N5O3Si. The smallest absolute Gasteiger partial charge is 0.407 e. The zero-order valence-corrected chi connectivity index (χ0v) is 27.2. The van der Waals surface area contributed by atoms with Gasteiger partial charge in [0.2, 0.25) is 0 Å². The molecule has 0 fully saturated rings. The molecule has 41 heavy (non-hydrogen) atoms. The van der Waals surface area contributed by atoms with Gasteiger partial charge >= 0.3 is 6.09 Å². The Morgan fingerprint density at radius 3 is 2.39 bits per heavy atom. The average Bonchev–Trinajstić information content (AvgIpc) is 2.89. The molecule has 0 aliphatic carbocycles. The number of aromatic nitrogens is 2. The predicted octanol–water partition coefficient (Wildman–Crippen LogP) is 7.76. The molecule has 2 N–H and O–H groups in total. The van der Waals surface area contributed by atoms with Gasteiger partial charge in [0.25, 0.3) is 0 Å². The highest BCUT2D eigenvalue weighted by Gasteiger charge is 2.37. The van der Waals surface area contributed by atoms with Crippen LogP contribution < -0.4 is 15.5 Å². The van der Waals surface area contributed by atoms with E-state index in [9.17, 15) is 4.79 Å². The normalized spacial score (nSPS) is 12.1. The van der Waals surface area contributed by atoms with Gasteiger partial charge in [0, 0.05) is 43.8 Å². The van der Waals surface area contributed by atoms with Gasteiger partial charge in [0.05, 0.1) is 6.61 Å². The Labute approximate surface area is 247 Å². The van der Waals surface area contributed by atoms with Crippen molar-refractivity contribution >= 4 is 31.7 Å². The quantitative estimate of drug-likeness (QED) is 0.178. The molecule has 0 saturated heterocycles. The number of rotatable bonds is 11. The summed E-state index contributed by atoms with van der Waals surface area (Å²) in [5.74, 6) is 1.64. The van der Waals surface area contributed by atoms with Crippen LogP contribution in [-0.4, -0.2) is 50.1 Å². The minimum atomic E-state index is -1.82. The number of benzene rings is 1. The molecule has 2 heterocycles. The van der Waals surface area contributed by atoms with E-state index in [0.717, 1.165) is 47.0 Å². The molecule has 222 valence electrons. The highest BCUT2D eigenvalue weighted by Crippen LogP contribution is 2.37. The lowest BCUT2D eigenvalue weighted by Crippen LogP contribution is -2.40. The number of nitrogens with one attached hydrogen (secondary N) is 2. The molecule has 0 radical (unpaired) electrons. The number of alkyl carbamates (subject to hydrolysis) is 1. The molecule has 0 atom stereocenters. The van der Waals surface area contributed by atoms with Crippen molar-refractivity contribution in [3.05, 3.63) is 66.5 Å². The maximum atomic E-state index is 11.8. The Kier molecular flexibility index (Phi) is 10.6. The fourth-order valence-corrected chi connectivity index (χ4v) is 4.72. The van der Waals surface area contributed by atoms with Gasteiger partial charge in [-0.15, -0.1) is 0 Å². The Hall–Kier alpha value is -3.43. The van der Waals surface area contributed by atoms with Crippen LogP contribution in [0, 0.1) is 0 Å². The van der Waals surface area contributed by atoms with Gasteiger partial charge in [-0.05, 0) is 92.8 Å². The molecule has 3 aromatic rings. The van der Waals surface area contributed by atoms with E-state index in [1.165, 1.54) is 0 Å². The van der Waals surface area contributed by atoms with Crippen LogP contribution in [0.25, 0.3) is 11.1 Å². The van der Waals surface area contributed by atoms with E-state index >= 15 is 0 Å². The van der Waals surface area contributed by atoms with E-state index in [1.54, 1.807) is 6.20 Å². The van der Waals surface area contributed by atoms with Gasteiger partial charge in [-0.25, -0.2) is 14.8 Å². The lowest BCUT2D eigenvalue weighted by atomic mass is 10.1. The summed E-state index contributed by atoms with van der Waals surface area (Å²) in [6.45, 7) is 18.8. The summed E-state index contributed by atoms with van der Waals surface area (Å²) >= 11 is 0. The number of amides is 1. The molecule has 0 unspecified atom stereocenters. The predicted molar refractivity (Wildman–Crippen MR) is 171 cm³/mol. The van der Waals surface area contributed by atoms with Crippen molar-refractivity contribution in [3.63, 3.8) is 0 Å². The molecule has 1 aromatic carbocycles. The first-order chi connectivity index (χ1) is 19.1. The van der Waals surface area contributed by atoms with Crippen molar-refractivity contribution < 1.29 is 14.0 Å². The van der Waals surface area contributed by atoms with Gasteiger partial charge in [0.15, 0.2) is 8.32 Å². The number of nitrogens with zero attached hydrogens (tertiary/aromatic N) is 3. The van der Waals surface area contributed by atoms with Crippen LogP contribution in [0.15, 0.2) is 60.9 Å². The maximum absolute atomic E-state index is 11.8. The number of hydrogen-bond acceptors (Lipinski definition) is 7. The second kappa shape index (κ2) is 13.5. The van der Waals surface area contributed by atoms with E-state index in [-0.39, 0.29) is 5.04 Å². The minimum Gasteiger partial charge on any atom is -0.444 e. The average molecular weight is 578 g/mol. The zero-order valence-electron chi connectivity index (χ0n) is 26.2. The number of carbonyl (C=O) groups is 1. The third kappa shape index (κ3) is 10.2. The molecule has 0 bridgehead atoms. The van der Waals surface area contributed by atoms with E-state index in [0.29, 0.717) is 13.2 Å². The Morgan fingerprint density at radius 1 is 0.976 bits per heavy atom. The molecule has 9 heteroatoms. The van der Waals surface area contributed by atoms with E-state index in [4.69, 9.17) is 9.16 Å². The third-order valence-corrected chi connectivity index (χ3v) is 11.7. The molecule has 8 nitrogen and oxygen atoms in total. The number of carbonyl (C=O) groups excluding carboxylic acids is 1. The molecule has 3 rings (SSSR count). The summed E-state index contributed by atoms with van der Waals surface area (Å²) in [6, 6.07) is 16.4. The molecule has 0 aliphatic heterocycles. The van der Waals surface area contributed by atoms with Crippen molar-refractivity contribution in [2.24, 2.45) is 0 Å². The van der Waals surface area contributed by atoms with Crippen molar-refractivity contribution in [2.75, 3.05) is 30.4 Å². The number of pyridine rings is 2. The van der Waals surface area contributed by atoms with Crippen molar-refractivity contribution in [3.8, 4) is 11.1 Å². The summed E-state index contributed by atoms with van der Waals surface area (Å²) in [7, 11) is 0.178. The molecule has 0 spiro atoms. The Bertz CT molecular complexity index is 1280. The van der Waals surface area contributed by atoms with E-state index < -0.39 is 20.0 Å². The molecule has 2 aromatic heterocycles. The summed E-state index contributed by atoms with van der Waals surface area (Å²) < 4.78 is 11.7. The standard InChI is InChI=1S/C32H47N5O3Si/c1-31(2,3)40-30(38)34-17-11-19-37(7)29-15-14-26(22-35-29)25-16-18-33-28(21-25)36-27-13-10-12-24(20-27)23-39-41(8,9)32(4,5)6/h10,12-16,18,20-22H,11,17,19,23H2,1-9H3,(H,33,36)(H,34,38). The largest absolute Gasteiger partial charge is 0.444 e. The van der Waals surface area contributed by atoms with Crippen LogP contribution in [0.2, 0.25) is 18.1 Å². The fourth-order valence-electron chi connectivity index (χ4n) is 3.76. The maximum Gasteiger partial charge on any atom is 0.407 e. The topological polar surface area (TPSA) is 88.6 Å². The van der Waals surface area contributed by atoms with Crippen LogP contribution in [0.5, 0.6) is 0 Å². The van der Waals surface area contributed by atoms with Gasteiger partial charge in [-0.3, -0.25) is 0 Å². The van der Waals surface area contributed by atoms with Gasteiger partial charge in [-0.1, -0.05) is 32.9 Å². The lowest BCUT2D eigenvalue weighted by Gasteiger charge is -2.36. The van der Waals surface area contributed by atoms with Gasteiger partial charge in [0.1, 0.15) is 17.2 Å². The molecule has 0 saturated carbocycles. The summed E-state index contributed by atoms with van der Waals surface area (Å²) in [6.07, 6.45) is 4.07. The molecular weight excluding hydrogens is 530 g/mol.